The predicted molar refractivity (Wildman–Crippen MR) is 80.3 cm³/mol. The molecule has 0 spiro atoms. The fourth-order valence-corrected chi connectivity index (χ4v) is 2.46. The van der Waals surface area contributed by atoms with E-state index in [0.717, 1.165) is 12.8 Å². The highest BCUT2D eigenvalue weighted by atomic mass is 14.1. The molecule has 2 rings (SSSR count). The summed E-state index contributed by atoms with van der Waals surface area (Å²) in [5.74, 6) is 0. The lowest BCUT2D eigenvalue weighted by atomic mass is 9.91. The Morgan fingerprint density at radius 1 is 0.611 bits per heavy atom. The quantitative estimate of drug-likeness (QED) is 0.622. The molecule has 0 heteroatoms. The molecule has 0 aliphatic heterocycles. The third-order valence-electron chi connectivity index (χ3n) is 3.32. The van der Waals surface area contributed by atoms with Crippen LogP contribution in [0.3, 0.4) is 0 Å². The molecule has 2 aromatic rings. The van der Waals surface area contributed by atoms with Gasteiger partial charge in [-0.25, -0.2) is 0 Å². The van der Waals surface area contributed by atoms with Crippen LogP contribution in [0.1, 0.15) is 37.8 Å². The Bertz CT molecular complexity index is 457. The van der Waals surface area contributed by atoms with E-state index in [9.17, 15) is 0 Å². The second kappa shape index (κ2) is 6.20. The van der Waals surface area contributed by atoms with Crippen LogP contribution in [0.25, 0.3) is 11.1 Å². The summed E-state index contributed by atoms with van der Waals surface area (Å²) < 4.78 is 0. The molecule has 0 amide bonds. The van der Waals surface area contributed by atoms with Crippen molar-refractivity contribution in [2.75, 3.05) is 0 Å². The van der Waals surface area contributed by atoms with E-state index in [1.807, 2.05) is 0 Å². The molecular formula is C18H20. The summed E-state index contributed by atoms with van der Waals surface area (Å²) in [6.07, 6.45) is 2.14. The average molecular weight is 236 g/mol. The molecule has 2 aromatic carbocycles. The lowest BCUT2D eigenvalue weighted by Crippen LogP contribution is -1.91. The molecular weight excluding hydrogens is 216 g/mol. The van der Waals surface area contributed by atoms with Crippen molar-refractivity contribution in [3.05, 3.63) is 71.8 Å². The van der Waals surface area contributed by atoms with Gasteiger partial charge in [-0.1, -0.05) is 74.5 Å². The second-order valence-electron chi connectivity index (χ2n) is 4.40. The van der Waals surface area contributed by atoms with E-state index in [2.05, 4.69) is 74.5 Å². The zero-order chi connectivity index (χ0) is 12.8. The van der Waals surface area contributed by atoms with Crippen molar-refractivity contribution in [3.8, 4) is 0 Å². The van der Waals surface area contributed by atoms with Gasteiger partial charge in [-0.05, 0) is 35.1 Å². The van der Waals surface area contributed by atoms with Crippen molar-refractivity contribution < 1.29 is 0 Å². The van der Waals surface area contributed by atoms with Crippen LogP contribution in [0.2, 0.25) is 0 Å². The fourth-order valence-electron chi connectivity index (χ4n) is 2.46. The third-order valence-corrected chi connectivity index (χ3v) is 3.32. The van der Waals surface area contributed by atoms with E-state index >= 15 is 0 Å². The predicted octanol–water partition coefficient (Wildman–Crippen LogP) is 5.42. The van der Waals surface area contributed by atoms with Gasteiger partial charge < -0.3 is 0 Å². The molecule has 0 atom stereocenters. The van der Waals surface area contributed by atoms with Crippen molar-refractivity contribution in [1.29, 1.82) is 0 Å². The minimum Gasteiger partial charge on any atom is -0.0622 e. The molecule has 0 saturated carbocycles. The van der Waals surface area contributed by atoms with Crippen molar-refractivity contribution in [1.82, 2.24) is 0 Å². The van der Waals surface area contributed by atoms with Gasteiger partial charge in [-0.3, -0.25) is 0 Å². The Balaban J connectivity index is 2.53. The van der Waals surface area contributed by atoms with E-state index in [4.69, 9.17) is 0 Å². The lowest BCUT2D eigenvalue weighted by Gasteiger charge is -2.13. The van der Waals surface area contributed by atoms with Gasteiger partial charge in [0.15, 0.2) is 0 Å². The largest absolute Gasteiger partial charge is 0.0622 e. The summed E-state index contributed by atoms with van der Waals surface area (Å²) in [5, 5.41) is 0. The number of hydrogen-bond acceptors (Lipinski definition) is 0. The highest BCUT2D eigenvalue weighted by Crippen LogP contribution is 2.30. The Labute approximate surface area is 110 Å². The number of benzene rings is 2. The average Bonchev–Trinajstić information content (AvgIpc) is 2.46. The number of allylic oxidation sites excluding steroid dienone is 2. The third kappa shape index (κ3) is 2.70. The van der Waals surface area contributed by atoms with Crippen molar-refractivity contribution >= 4 is 11.1 Å². The maximum absolute atomic E-state index is 2.24. The summed E-state index contributed by atoms with van der Waals surface area (Å²) in [7, 11) is 0. The molecule has 0 nitrogen and oxygen atoms in total. The highest BCUT2D eigenvalue weighted by molar-refractivity contribution is 5.90. The highest BCUT2D eigenvalue weighted by Gasteiger charge is 2.07. The summed E-state index contributed by atoms with van der Waals surface area (Å²) >= 11 is 0. The molecule has 92 valence electrons. The van der Waals surface area contributed by atoms with Gasteiger partial charge >= 0.3 is 0 Å². The summed E-state index contributed by atoms with van der Waals surface area (Å²) in [5.41, 5.74) is 5.62. The molecule has 0 bridgehead atoms. The van der Waals surface area contributed by atoms with Crippen LogP contribution in [-0.2, 0) is 0 Å². The maximum Gasteiger partial charge on any atom is -0.0222 e. The molecule has 0 fully saturated rings. The minimum absolute atomic E-state index is 1.07. The van der Waals surface area contributed by atoms with Gasteiger partial charge in [0.2, 0.25) is 0 Å². The molecule has 0 unspecified atom stereocenters. The second-order valence-corrected chi connectivity index (χ2v) is 4.40. The van der Waals surface area contributed by atoms with Gasteiger partial charge in [0.1, 0.15) is 0 Å². The molecule has 0 aliphatic carbocycles. The monoisotopic (exact) mass is 236 g/mol. The Morgan fingerprint density at radius 2 is 0.944 bits per heavy atom. The smallest absolute Gasteiger partial charge is 0.0222 e. The molecule has 0 saturated heterocycles. The normalized spacial score (nSPS) is 12.1. The molecule has 0 radical (unpaired) electrons. The zero-order valence-electron chi connectivity index (χ0n) is 11.2. The fraction of sp³-hybridized carbons (Fsp3) is 0.222. The zero-order valence-corrected chi connectivity index (χ0v) is 11.2. The standard InChI is InChI=1S/C18H20/c1-3-17(15-11-7-5-8-12-15)18(4-2)16-13-9-6-10-14-16/h5-14H,3-4H2,1-2H3/b18-17+. The van der Waals surface area contributed by atoms with Gasteiger partial charge in [0.05, 0.1) is 0 Å². The maximum atomic E-state index is 2.24. The molecule has 0 aromatic heterocycles. The van der Waals surface area contributed by atoms with E-state index < -0.39 is 0 Å². The molecule has 0 heterocycles. The van der Waals surface area contributed by atoms with Crippen LogP contribution < -0.4 is 0 Å². The first-order chi connectivity index (χ1) is 8.86. The first-order valence-electron chi connectivity index (χ1n) is 6.69. The van der Waals surface area contributed by atoms with Gasteiger partial charge in [0, 0.05) is 0 Å². The molecule has 0 N–H and O–H groups in total. The van der Waals surface area contributed by atoms with Crippen LogP contribution in [0, 0.1) is 0 Å². The van der Waals surface area contributed by atoms with Crippen LogP contribution >= 0.6 is 0 Å². The number of hydrogen-bond donors (Lipinski definition) is 0. The van der Waals surface area contributed by atoms with Crippen molar-refractivity contribution in [2.24, 2.45) is 0 Å². The Morgan fingerprint density at radius 3 is 1.22 bits per heavy atom. The first kappa shape index (κ1) is 12.6. The molecule has 18 heavy (non-hydrogen) atoms. The van der Waals surface area contributed by atoms with E-state index in [1.54, 1.807) is 0 Å². The van der Waals surface area contributed by atoms with Crippen LogP contribution in [0.5, 0.6) is 0 Å². The van der Waals surface area contributed by atoms with Crippen LogP contribution in [0.15, 0.2) is 60.7 Å². The number of rotatable bonds is 4. The van der Waals surface area contributed by atoms with Crippen molar-refractivity contribution in [3.63, 3.8) is 0 Å². The van der Waals surface area contributed by atoms with E-state index in [-0.39, 0.29) is 0 Å². The SMILES string of the molecule is CC/C(=C(/CC)c1ccccc1)c1ccccc1. The summed E-state index contributed by atoms with van der Waals surface area (Å²) in [6, 6.07) is 21.4. The summed E-state index contributed by atoms with van der Waals surface area (Å²) in [4.78, 5) is 0. The Kier molecular flexibility index (Phi) is 4.35. The van der Waals surface area contributed by atoms with E-state index in [1.165, 1.54) is 22.3 Å². The van der Waals surface area contributed by atoms with Crippen LogP contribution in [-0.4, -0.2) is 0 Å². The van der Waals surface area contributed by atoms with Gasteiger partial charge in [-0.15, -0.1) is 0 Å². The minimum atomic E-state index is 1.07. The molecule has 0 aliphatic rings. The van der Waals surface area contributed by atoms with Gasteiger partial charge in [-0.2, -0.15) is 0 Å². The topological polar surface area (TPSA) is 0 Å². The van der Waals surface area contributed by atoms with Crippen LogP contribution in [0.4, 0.5) is 0 Å². The van der Waals surface area contributed by atoms with Gasteiger partial charge in [0.25, 0.3) is 0 Å². The summed E-state index contributed by atoms with van der Waals surface area (Å²) in [6.45, 7) is 4.47. The Hall–Kier alpha value is -1.82. The first-order valence-corrected chi connectivity index (χ1v) is 6.69. The van der Waals surface area contributed by atoms with Crippen molar-refractivity contribution in [2.45, 2.75) is 26.7 Å². The van der Waals surface area contributed by atoms with E-state index in [0.29, 0.717) is 0 Å². The lowest BCUT2D eigenvalue weighted by molar-refractivity contribution is 1.18.